The van der Waals surface area contributed by atoms with Crippen LogP contribution in [0.2, 0.25) is 5.02 Å². The van der Waals surface area contributed by atoms with Crippen molar-refractivity contribution in [2.75, 3.05) is 18.5 Å². The summed E-state index contributed by atoms with van der Waals surface area (Å²) in [4.78, 5) is 12.9. The fourth-order valence-electron chi connectivity index (χ4n) is 1.59. The van der Waals surface area contributed by atoms with E-state index in [9.17, 15) is 4.79 Å². The van der Waals surface area contributed by atoms with Gasteiger partial charge in [0.2, 0.25) is 0 Å². The lowest BCUT2D eigenvalue weighted by molar-refractivity contribution is 0.112. The predicted molar refractivity (Wildman–Crippen MR) is 64.9 cm³/mol. The molecule has 3 heteroatoms. The number of hydrogen-bond donors (Lipinski definition) is 0. The summed E-state index contributed by atoms with van der Waals surface area (Å²) in [7, 11) is 1.97. The van der Waals surface area contributed by atoms with Crippen LogP contribution in [0.4, 0.5) is 5.69 Å². The molecule has 0 spiro atoms. The van der Waals surface area contributed by atoms with Gasteiger partial charge in [-0.15, -0.1) is 0 Å². The predicted octanol–water partition coefficient (Wildman–Crippen LogP) is 3.24. The third-order valence-corrected chi connectivity index (χ3v) is 2.40. The van der Waals surface area contributed by atoms with Crippen LogP contribution in [-0.2, 0) is 0 Å². The molecule has 2 nitrogen and oxygen atoms in total. The average molecular weight is 226 g/mol. The number of halogens is 1. The number of aldehydes is 1. The van der Waals surface area contributed by atoms with Crippen molar-refractivity contribution in [2.24, 2.45) is 5.92 Å². The smallest absolute Gasteiger partial charge is 0.152 e. The first-order valence-corrected chi connectivity index (χ1v) is 5.38. The van der Waals surface area contributed by atoms with Crippen LogP contribution in [0.15, 0.2) is 18.2 Å². The van der Waals surface area contributed by atoms with E-state index in [2.05, 4.69) is 18.7 Å². The minimum atomic E-state index is 0.550. The minimum Gasteiger partial charge on any atom is -0.374 e. The van der Waals surface area contributed by atoms with Gasteiger partial charge in [0.1, 0.15) is 0 Å². The summed E-state index contributed by atoms with van der Waals surface area (Å²) in [5.41, 5.74) is 1.58. The zero-order valence-corrected chi connectivity index (χ0v) is 10.1. The molecule has 0 heterocycles. The van der Waals surface area contributed by atoms with Crippen LogP contribution >= 0.6 is 11.6 Å². The zero-order valence-electron chi connectivity index (χ0n) is 9.33. The van der Waals surface area contributed by atoms with E-state index in [-0.39, 0.29) is 0 Å². The lowest BCUT2D eigenvalue weighted by Crippen LogP contribution is -2.23. The Morgan fingerprint density at radius 3 is 2.67 bits per heavy atom. The number of carbonyl (C=O) groups excluding carboxylic acids is 1. The highest BCUT2D eigenvalue weighted by atomic mass is 35.5. The lowest BCUT2D eigenvalue weighted by atomic mass is 10.1. The van der Waals surface area contributed by atoms with Gasteiger partial charge in [-0.05, 0) is 24.1 Å². The first-order valence-electron chi connectivity index (χ1n) is 5.00. The molecule has 0 aliphatic heterocycles. The van der Waals surface area contributed by atoms with Crippen molar-refractivity contribution in [3.63, 3.8) is 0 Å². The summed E-state index contributed by atoms with van der Waals surface area (Å²) in [6.45, 7) is 5.18. The average Bonchev–Trinajstić information content (AvgIpc) is 2.16. The second-order valence-electron chi connectivity index (χ2n) is 4.10. The van der Waals surface area contributed by atoms with Crippen LogP contribution in [0.25, 0.3) is 0 Å². The monoisotopic (exact) mass is 225 g/mol. The molecule has 0 saturated carbocycles. The second-order valence-corrected chi connectivity index (χ2v) is 4.53. The number of anilines is 1. The molecule has 0 bridgehead atoms. The molecule has 82 valence electrons. The highest BCUT2D eigenvalue weighted by Crippen LogP contribution is 2.23. The Bertz CT molecular complexity index is 349. The van der Waals surface area contributed by atoms with E-state index in [1.807, 2.05) is 13.1 Å². The van der Waals surface area contributed by atoms with Crippen LogP contribution in [0, 0.1) is 5.92 Å². The summed E-state index contributed by atoms with van der Waals surface area (Å²) in [5.74, 6) is 0.550. The molecule has 0 aliphatic carbocycles. The fraction of sp³-hybridized carbons (Fsp3) is 0.417. The molecular formula is C12H16ClNO. The Kier molecular flexibility index (Phi) is 4.15. The number of hydrogen-bond acceptors (Lipinski definition) is 2. The maximum atomic E-state index is 10.9. The van der Waals surface area contributed by atoms with Crippen molar-refractivity contribution in [3.05, 3.63) is 28.8 Å². The van der Waals surface area contributed by atoms with Gasteiger partial charge in [-0.25, -0.2) is 0 Å². The van der Waals surface area contributed by atoms with E-state index in [4.69, 9.17) is 11.6 Å². The lowest BCUT2D eigenvalue weighted by Gasteiger charge is -2.23. The zero-order chi connectivity index (χ0) is 11.4. The first-order chi connectivity index (χ1) is 7.04. The molecule has 0 aliphatic rings. The van der Waals surface area contributed by atoms with Crippen molar-refractivity contribution in [1.82, 2.24) is 0 Å². The Morgan fingerprint density at radius 2 is 2.13 bits per heavy atom. The summed E-state index contributed by atoms with van der Waals surface area (Å²) in [5, 5.41) is 0.659. The maximum absolute atomic E-state index is 10.9. The maximum Gasteiger partial charge on any atom is 0.152 e. The SMILES string of the molecule is CC(C)CN(C)c1cc(Cl)ccc1C=O. The van der Waals surface area contributed by atoms with Gasteiger partial charge in [-0.3, -0.25) is 4.79 Å². The quantitative estimate of drug-likeness (QED) is 0.734. The van der Waals surface area contributed by atoms with Gasteiger partial charge in [0.25, 0.3) is 0 Å². The Labute approximate surface area is 95.8 Å². The molecular weight excluding hydrogens is 210 g/mol. The molecule has 0 unspecified atom stereocenters. The molecule has 0 N–H and O–H groups in total. The van der Waals surface area contributed by atoms with Gasteiger partial charge in [-0.2, -0.15) is 0 Å². The molecule has 1 aromatic carbocycles. The van der Waals surface area contributed by atoms with Gasteiger partial charge < -0.3 is 4.90 Å². The first kappa shape index (κ1) is 12.1. The van der Waals surface area contributed by atoms with Crippen molar-refractivity contribution in [3.8, 4) is 0 Å². The van der Waals surface area contributed by atoms with Crippen LogP contribution in [0.1, 0.15) is 24.2 Å². The molecule has 1 aromatic rings. The Morgan fingerprint density at radius 1 is 1.47 bits per heavy atom. The standard InChI is InChI=1S/C12H16ClNO/c1-9(2)7-14(3)12-6-11(13)5-4-10(12)8-15/h4-6,8-9H,7H2,1-3H3. The fourth-order valence-corrected chi connectivity index (χ4v) is 1.76. The van der Waals surface area contributed by atoms with Crippen molar-refractivity contribution in [1.29, 1.82) is 0 Å². The summed E-state index contributed by atoms with van der Waals surface area (Å²) < 4.78 is 0. The highest BCUT2D eigenvalue weighted by molar-refractivity contribution is 6.31. The number of rotatable bonds is 4. The van der Waals surface area contributed by atoms with Crippen molar-refractivity contribution < 1.29 is 4.79 Å². The largest absolute Gasteiger partial charge is 0.374 e. The molecule has 15 heavy (non-hydrogen) atoms. The Hall–Kier alpha value is -1.02. The Balaban J connectivity index is 2.99. The number of benzene rings is 1. The molecule has 0 radical (unpaired) electrons. The van der Waals surface area contributed by atoms with E-state index < -0.39 is 0 Å². The van der Waals surface area contributed by atoms with Crippen LogP contribution < -0.4 is 4.90 Å². The summed E-state index contributed by atoms with van der Waals surface area (Å²) in [6, 6.07) is 5.31. The van der Waals surface area contributed by atoms with Crippen molar-refractivity contribution >= 4 is 23.6 Å². The molecule has 0 amide bonds. The van der Waals surface area contributed by atoms with E-state index in [1.54, 1.807) is 12.1 Å². The van der Waals surface area contributed by atoms with Gasteiger partial charge in [0.05, 0.1) is 0 Å². The molecule has 0 aromatic heterocycles. The highest BCUT2D eigenvalue weighted by Gasteiger charge is 2.08. The van der Waals surface area contributed by atoms with E-state index >= 15 is 0 Å². The van der Waals surface area contributed by atoms with Crippen LogP contribution in [0.3, 0.4) is 0 Å². The third-order valence-electron chi connectivity index (χ3n) is 2.17. The molecule has 0 fully saturated rings. The minimum absolute atomic E-state index is 0.550. The number of nitrogens with zero attached hydrogens (tertiary/aromatic N) is 1. The van der Waals surface area contributed by atoms with Gasteiger partial charge >= 0.3 is 0 Å². The van der Waals surface area contributed by atoms with Crippen LogP contribution in [-0.4, -0.2) is 19.9 Å². The summed E-state index contributed by atoms with van der Waals surface area (Å²) in [6.07, 6.45) is 0.864. The third kappa shape index (κ3) is 3.24. The number of carbonyl (C=O) groups is 1. The van der Waals surface area contributed by atoms with E-state index in [0.717, 1.165) is 18.5 Å². The van der Waals surface area contributed by atoms with Gasteiger partial charge in [0, 0.05) is 29.9 Å². The molecule has 0 atom stereocenters. The van der Waals surface area contributed by atoms with Crippen molar-refractivity contribution in [2.45, 2.75) is 13.8 Å². The second kappa shape index (κ2) is 5.17. The van der Waals surface area contributed by atoms with Gasteiger partial charge in [-0.1, -0.05) is 25.4 Å². The van der Waals surface area contributed by atoms with E-state index in [0.29, 0.717) is 16.5 Å². The molecule has 1 rings (SSSR count). The topological polar surface area (TPSA) is 20.3 Å². The summed E-state index contributed by atoms with van der Waals surface area (Å²) >= 11 is 5.91. The van der Waals surface area contributed by atoms with Crippen LogP contribution in [0.5, 0.6) is 0 Å². The molecule has 0 saturated heterocycles. The van der Waals surface area contributed by atoms with E-state index in [1.165, 1.54) is 0 Å². The normalized spacial score (nSPS) is 10.5. The van der Waals surface area contributed by atoms with Gasteiger partial charge in [0.15, 0.2) is 6.29 Å².